The fourth-order valence-corrected chi connectivity index (χ4v) is 1.67. The second kappa shape index (κ2) is 4.03. The zero-order valence-corrected chi connectivity index (χ0v) is 9.07. The summed E-state index contributed by atoms with van der Waals surface area (Å²) in [5, 5.41) is 9.01. The molecule has 0 saturated heterocycles. The molecule has 0 unspecified atom stereocenters. The summed E-state index contributed by atoms with van der Waals surface area (Å²) in [5.74, 6) is 0.219. The average molecular weight is 244 g/mol. The van der Waals surface area contributed by atoms with E-state index in [2.05, 4.69) is 4.98 Å². The fraction of sp³-hybridized carbons (Fsp3) is 0.364. The molecule has 17 heavy (non-hydrogen) atoms. The first-order chi connectivity index (χ1) is 7.89. The van der Waals surface area contributed by atoms with Crippen LogP contribution in [0.1, 0.15) is 5.82 Å². The van der Waals surface area contributed by atoms with Gasteiger partial charge in [-0.25, -0.2) is 4.98 Å². The van der Waals surface area contributed by atoms with E-state index in [1.54, 1.807) is 35.9 Å². The van der Waals surface area contributed by atoms with Gasteiger partial charge >= 0.3 is 6.18 Å². The van der Waals surface area contributed by atoms with Crippen LogP contribution in [0.3, 0.4) is 0 Å². The number of nitrogens with zero attached hydrogens (tertiary/aromatic N) is 2. The Morgan fingerprint density at radius 2 is 2.00 bits per heavy atom. The Morgan fingerprint density at radius 1 is 1.35 bits per heavy atom. The Labute approximate surface area is 95.5 Å². The molecule has 0 aliphatic heterocycles. The molecule has 0 aliphatic carbocycles. The van der Waals surface area contributed by atoms with Gasteiger partial charge in [-0.05, 0) is 12.1 Å². The van der Waals surface area contributed by atoms with Crippen LogP contribution in [0.2, 0.25) is 0 Å². The van der Waals surface area contributed by atoms with Crippen molar-refractivity contribution >= 4 is 11.0 Å². The van der Waals surface area contributed by atoms with Crippen molar-refractivity contribution in [3.63, 3.8) is 0 Å². The number of aromatic nitrogens is 2. The number of benzene rings is 1. The van der Waals surface area contributed by atoms with E-state index in [9.17, 15) is 13.2 Å². The van der Waals surface area contributed by atoms with Crippen molar-refractivity contribution in [1.29, 1.82) is 0 Å². The first kappa shape index (κ1) is 11.9. The van der Waals surface area contributed by atoms with Crippen molar-refractivity contribution in [3.8, 4) is 0 Å². The summed E-state index contributed by atoms with van der Waals surface area (Å²) in [4.78, 5) is 4.07. The van der Waals surface area contributed by atoms with Gasteiger partial charge < -0.3 is 9.67 Å². The minimum Gasteiger partial charge on any atom is -0.383 e. The summed E-state index contributed by atoms with van der Waals surface area (Å²) in [5.41, 5.74) is 1.37. The first-order valence-electron chi connectivity index (χ1n) is 5.04. The van der Waals surface area contributed by atoms with Crippen molar-refractivity contribution in [2.75, 3.05) is 0 Å². The van der Waals surface area contributed by atoms with Gasteiger partial charge in [0.25, 0.3) is 0 Å². The van der Waals surface area contributed by atoms with Gasteiger partial charge in [0.05, 0.1) is 11.0 Å². The van der Waals surface area contributed by atoms with Crippen LogP contribution in [0.4, 0.5) is 13.2 Å². The van der Waals surface area contributed by atoms with E-state index in [4.69, 9.17) is 5.11 Å². The number of aryl methyl sites for hydroxylation is 1. The predicted molar refractivity (Wildman–Crippen MR) is 56.5 cm³/mol. The van der Waals surface area contributed by atoms with Crippen LogP contribution in [0.5, 0.6) is 0 Å². The maximum absolute atomic E-state index is 12.2. The molecule has 0 bridgehead atoms. The SMILES string of the molecule is Cn1c(C[C@H](O)C(F)(F)F)nc2ccccc21. The Bertz CT molecular complexity index is 533. The Kier molecular flexibility index (Phi) is 2.82. The number of para-hydroxylation sites is 2. The molecule has 6 heteroatoms. The van der Waals surface area contributed by atoms with Crippen molar-refractivity contribution in [3.05, 3.63) is 30.1 Å². The molecule has 1 atom stereocenters. The summed E-state index contributed by atoms with van der Waals surface area (Å²) in [6.07, 6.45) is -7.52. The number of alkyl halides is 3. The van der Waals surface area contributed by atoms with Crippen LogP contribution in [0, 0.1) is 0 Å². The molecule has 0 spiro atoms. The number of aliphatic hydroxyl groups excluding tert-OH is 1. The zero-order valence-electron chi connectivity index (χ0n) is 9.07. The van der Waals surface area contributed by atoms with Crippen LogP contribution in [-0.4, -0.2) is 26.9 Å². The molecule has 0 fully saturated rings. The summed E-state index contributed by atoms with van der Waals surface area (Å²) in [7, 11) is 1.63. The fourth-order valence-electron chi connectivity index (χ4n) is 1.67. The molecule has 0 radical (unpaired) electrons. The number of imidazole rings is 1. The number of hydrogen-bond donors (Lipinski definition) is 1. The molecule has 0 amide bonds. The molecule has 2 rings (SSSR count). The highest BCUT2D eigenvalue weighted by Gasteiger charge is 2.38. The van der Waals surface area contributed by atoms with Crippen molar-refractivity contribution in [2.45, 2.75) is 18.7 Å². The van der Waals surface area contributed by atoms with E-state index >= 15 is 0 Å². The van der Waals surface area contributed by atoms with Gasteiger partial charge in [0.1, 0.15) is 5.82 Å². The van der Waals surface area contributed by atoms with Crippen LogP contribution in [0.25, 0.3) is 11.0 Å². The molecular formula is C11H11F3N2O. The minimum atomic E-state index is -4.61. The first-order valence-corrected chi connectivity index (χ1v) is 5.04. The Morgan fingerprint density at radius 3 is 2.59 bits per heavy atom. The van der Waals surface area contributed by atoms with Crippen LogP contribution >= 0.6 is 0 Å². The third kappa shape index (κ3) is 2.26. The van der Waals surface area contributed by atoms with Gasteiger partial charge in [-0.3, -0.25) is 0 Å². The van der Waals surface area contributed by atoms with E-state index in [1.807, 2.05) is 0 Å². The lowest BCUT2D eigenvalue weighted by Crippen LogP contribution is -2.31. The maximum atomic E-state index is 12.2. The largest absolute Gasteiger partial charge is 0.414 e. The molecule has 0 saturated carbocycles. The van der Waals surface area contributed by atoms with E-state index < -0.39 is 18.7 Å². The van der Waals surface area contributed by atoms with Gasteiger partial charge in [-0.2, -0.15) is 13.2 Å². The summed E-state index contributed by atoms with van der Waals surface area (Å²) in [6.45, 7) is 0. The number of aliphatic hydroxyl groups is 1. The number of rotatable bonds is 2. The second-order valence-electron chi connectivity index (χ2n) is 3.84. The average Bonchev–Trinajstić information content (AvgIpc) is 2.55. The van der Waals surface area contributed by atoms with Crippen LogP contribution in [-0.2, 0) is 13.5 Å². The van der Waals surface area contributed by atoms with Gasteiger partial charge in [0.15, 0.2) is 6.10 Å². The summed E-state index contributed by atoms with van der Waals surface area (Å²) < 4.78 is 38.3. The van der Waals surface area contributed by atoms with Gasteiger partial charge in [-0.15, -0.1) is 0 Å². The highest BCUT2D eigenvalue weighted by atomic mass is 19.4. The smallest absolute Gasteiger partial charge is 0.383 e. The Hall–Kier alpha value is -1.56. The molecule has 1 N–H and O–H groups in total. The molecule has 0 aliphatic rings. The molecule has 2 aromatic rings. The molecule has 1 heterocycles. The summed E-state index contributed by atoms with van der Waals surface area (Å²) in [6, 6.07) is 7.04. The lowest BCUT2D eigenvalue weighted by molar-refractivity contribution is -0.203. The van der Waals surface area contributed by atoms with Gasteiger partial charge in [0, 0.05) is 13.5 Å². The highest BCUT2D eigenvalue weighted by molar-refractivity contribution is 5.75. The maximum Gasteiger partial charge on any atom is 0.414 e. The van der Waals surface area contributed by atoms with E-state index in [0.29, 0.717) is 5.52 Å². The van der Waals surface area contributed by atoms with Gasteiger partial charge in [0.2, 0.25) is 0 Å². The second-order valence-corrected chi connectivity index (χ2v) is 3.84. The van der Waals surface area contributed by atoms with Crippen LogP contribution in [0.15, 0.2) is 24.3 Å². The van der Waals surface area contributed by atoms with Crippen molar-refractivity contribution in [1.82, 2.24) is 9.55 Å². The topological polar surface area (TPSA) is 38.0 Å². The molecule has 1 aromatic carbocycles. The quantitative estimate of drug-likeness (QED) is 0.877. The van der Waals surface area contributed by atoms with Gasteiger partial charge in [-0.1, -0.05) is 12.1 Å². The standard InChI is InChI=1S/C11H11F3N2O/c1-16-8-5-3-2-4-7(8)15-10(16)6-9(17)11(12,13)14/h2-5,9,17H,6H2,1H3/t9-/m0/s1. The Balaban J connectivity index is 2.34. The van der Waals surface area contributed by atoms with E-state index in [1.165, 1.54) is 0 Å². The normalized spacial score (nSPS) is 14.2. The number of halogens is 3. The van der Waals surface area contributed by atoms with Crippen molar-refractivity contribution in [2.24, 2.45) is 7.05 Å². The molecule has 92 valence electrons. The van der Waals surface area contributed by atoms with E-state index in [0.717, 1.165) is 5.52 Å². The molecule has 3 nitrogen and oxygen atoms in total. The number of hydrogen-bond acceptors (Lipinski definition) is 2. The molecule has 1 aromatic heterocycles. The van der Waals surface area contributed by atoms with Crippen LogP contribution < -0.4 is 0 Å². The molecular weight excluding hydrogens is 233 g/mol. The number of fused-ring (bicyclic) bond motifs is 1. The summed E-state index contributed by atoms with van der Waals surface area (Å²) >= 11 is 0. The zero-order chi connectivity index (χ0) is 12.6. The van der Waals surface area contributed by atoms with Crippen molar-refractivity contribution < 1.29 is 18.3 Å². The lowest BCUT2D eigenvalue weighted by Gasteiger charge is -2.13. The predicted octanol–water partition coefficient (Wildman–Crippen LogP) is 2.04. The third-order valence-corrected chi connectivity index (χ3v) is 2.63. The monoisotopic (exact) mass is 244 g/mol. The minimum absolute atomic E-state index is 0.219. The lowest BCUT2D eigenvalue weighted by atomic mass is 10.2. The van der Waals surface area contributed by atoms with E-state index in [-0.39, 0.29) is 5.82 Å². The third-order valence-electron chi connectivity index (χ3n) is 2.63. The highest BCUT2D eigenvalue weighted by Crippen LogP contribution is 2.24.